The highest BCUT2D eigenvalue weighted by molar-refractivity contribution is 6.31. The second kappa shape index (κ2) is 3.94. The summed E-state index contributed by atoms with van der Waals surface area (Å²) in [7, 11) is 1.70. The minimum atomic E-state index is -0.0192. The summed E-state index contributed by atoms with van der Waals surface area (Å²) in [5, 5.41) is 0.813. The van der Waals surface area contributed by atoms with Crippen LogP contribution in [0.5, 0.6) is 5.75 Å². The van der Waals surface area contributed by atoms with Crippen molar-refractivity contribution in [3.05, 3.63) is 27.8 Å². The van der Waals surface area contributed by atoms with Crippen LogP contribution in [0.1, 0.15) is 29.5 Å². The molecule has 0 amide bonds. The average Bonchev–Trinajstić information content (AvgIpc) is 2.92. The zero-order valence-electron chi connectivity index (χ0n) is 10.1. The number of rotatable bonds is 3. The van der Waals surface area contributed by atoms with E-state index >= 15 is 0 Å². The van der Waals surface area contributed by atoms with E-state index in [0.29, 0.717) is 0 Å². The van der Waals surface area contributed by atoms with Gasteiger partial charge in [-0.3, -0.25) is 0 Å². The molecular formula is C13H18ClNO. The maximum absolute atomic E-state index is 6.29. The molecule has 0 heterocycles. The molecule has 0 bridgehead atoms. The Morgan fingerprint density at radius 3 is 2.56 bits per heavy atom. The van der Waals surface area contributed by atoms with E-state index in [2.05, 4.69) is 6.92 Å². The SMILES string of the molecule is COc1c(C)cc(Cl)c(CC2(N)CC2)c1C. The minimum absolute atomic E-state index is 0.0192. The molecule has 0 radical (unpaired) electrons. The van der Waals surface area contributed by atoms with Gasteiger partial charge in [0.2, 0.25) is 0 Å². The van der Waals surface area contributed by atoms with Crippen LogP contribution in [0.2, 0.25) is 5.02 Å². The average molecular weight is 240 g/mol. The third kappa shape index (κ3) is 2.04. The van der Waals surface area contributed by atoms with Crippen LogP contribution in [0.15, 0.2) is 6.07 Å². The van der Waals surface area contributed by atoms with Crippen molar-refractivity contribution in [2.75, 3.05) is 7.11 Å². The van der Waals surface area contributed by atoms with Crippen molar-refractivity contribution < 1.29 is 4.74 Å². The van der Waals surface area contributed by atoms with E-state index in [0.717, 1.165) is 46.7 Å². The highest BCUT2D eigenvalue weighted by atomic mass is 35.5. The van der Waals surface area contributed by atoms with Crippen LogP contribution in [-0.4, -0.2) is 12.6 Å². The number of hydrogen-bond donors (Lipinski definition) is 1. The van der Waals surface area contributed by atoms with Crippen LogP contribution in [-0.2, 0) is 6.42 Å². The molecular weight excluding hydrogens is 222 g/mol. The first-order valence-electron chi connectivity index (χ1n) is 5.58. The number of nitrogens with two attached hydrogens (primary N) is 1. The Bertz CT molecular complexity index is 424. The van der Waals surface area contributed by atoms with Crippen LogP contribution < -0.4 is 10.5 Å². The molecule has 1 aliphatic rings. The molecule has 88 valence electrons. The smallest absolute Gasteiger partial charge is 0.125 e. The number of benzene rings is 1. The molecule has 2 N–H and O–H groups in total. The fourth-order valence-corrected chi connectivity index (χ4v) is 2.55. The molecule has 3 heteroatoms. The van der Waals surface area contributed by atoms with Crippen LogP contribution in [0.3, 0.4) is 0 Å². The Morgan fingerprint density at radius 1 is 1.44 bits per heavy atom. The largest absolute Gasteiger partial charge is 0.496 e. The Hall–Kier alpha value is -0.730. The third-order valence-corrected chi connectivity index (χ3v) is 3.75. The van der Waals surface area contributed by atoms with Gasteiger partial charge < -0.3 is 10.5 Å². The predicted octanol–water partition coefficient (Wildman–Crippen LogP) is 3.00. The van der Waals surface area contributed by atoms with Gasteiger partial charge in [-0.2, -0.15) is 0 Å². The number of halogens is 1. The van der Waals surface area contributed by atoms with Crippen molar-refractivity contribution in [2.24, 2.45) is 5.73 Å². The second-order valence-corrected chi connectivity index (χ2v) is 5.26. The summed E-state index contributed by atoms with van der Waals surface area (Å²) in [6.07, 6.45) is 3.05. The standard InChI is InChI=1S/C13H18ClNO/c1-8-6-11(14)10(7-13(15)4-5-13)9(2)12(8)16-3/h6H,4-5,7,15H2,1-3H3. The molecule has 1 fully saturated rings. The van der Waals surface area contributed by atoms with Gasteiger partial charge in [-0.1, -0.05) is 11.6 Å². The van der Waals surface area contributed by atoms with E-state index in [9.17, 15) is 0 Å². The first-order valence-corrected chi connectivity index (χ1v) is 5.96. The lowest BCUT2D eigenvalue weighted by Crippen LogP contribution is -2.25. The van der Waals surface area contributed by atoms with Crippen molar-refractivity contribution in [3.63, 3.8) is 0 Å². The Kier molecular flexibility index (Phi) is 2.89. The van der Waals surface area contributed by atoms with Gasteiger partial charge in [-0.25, -0.2) is 0 Å². The van der Waals surface area contributed by atoms with E-state index in [1.165, 1.54) is 0 Å². The van der Waals surface area contributed by atoms with Crippen molar-refractivity contribution in [3.8, 4) is 5.75 Å². The molecule has 2 nitrogen and oxygen atoms in total. The van der Waals surface area contributed by atoms with Gasteiger partial charge in [0, 0.05) is 10.6 Å². The number of hydrogen-bond acceptors (Lipinski definition) is 2. The molecule has 1 aliphatic carbocycles. The number of ether oxygens (including phenoxy) is 1. The van der Waals surface area contributed by atoms with E-state index in [1.54, 1.807) is 7.11 Å². The first kappa shape index (κ1) is 11.7. The molecule has 0 aromatic heterocycles. The van der Waals surface area contributed by atoms with Gasteiger partial charge in [0.25, 0.3) is 0 Å². The topological polar surface area (TPSA) is 35.2 Å². The molecule has 2 rings (SSSR count). The Morgan fingerprint density at radius 2 is 2.06 bits per heavy atom. The lowest BCUT2D eigenvalue weighted by atomic mass is 9.97. The molecule has 0 unspecified atom stereocenters. The summed E-state index contributed by atoms with van der Waals surface area (Å²) in [6.45, 7) is 4.07. The summed E-state index contributed by atoms with van der Waals surface area (Å²) < 4.78 is 5.41. The monoisotopic (exact) mass is 239 g/mol. The van der Waals surface area contributed by atoms with Gasteiger partial charge in [0.15, 0.2) is 0 Å². The van der Waals surface area contributed by atoms with E-state index in [1.807, 2.05) is 13.0 Å². The fraction of sp³-hybridized carbons (Fsp3) is 0.538. The molecule has 1 aromatic carbocycles. The fourth-order valence-electron chi connectivity index (χ4n) is 2.18. The Labute approximate surface area is 102 Å². The van der Waals surface area contributed by atoms with Gasteiger partial charge >= 0.3 is 0 Å². The highest BCUT2D eigenvalue weighted by Gasteiger charge is 2.39. The zero-order chi connectivity index (χ0) is 11.9. The van der Waals surface area contributed by atoms with Crippen LogP contribution >= 0.6 is 11.6 Å². The summed E-state index contributed by atoms with van der Waals surface area (Å²) in [4.78, 5) is 0. The van der Waals surface area contributed by atoms with Crippen LogP contribution in [0.4, 0.5) is 0 Å². The van der Waals surface area contributed by atoms with Gasteiger partial charge in [-0.05, 0) is 55.9 Å². The highest BCUT2D eigenvalue weighted by Crippen LogP contribution is 2.40. The third-order valence-electron chi connectivity index (χ3n) is 3.41. The van der Waals surface area contributed by atoms with Gasteiger partial charge in [0.05, 0.1) is 7.11 Å². The maximum atomic E-state index is 6.29. The normalized spacial score (nSPS) is 17.3. The van der Waals surface area contributed by atoms with E-state index in [4.69, 9.17) is 22.1 Å². The quantitative estimate of drug-likeness (QED) is 0.880. The van der Waals surface area contributed by atoms with Crippen molar-refractivity contribution in [1.82, 2.24) is 0 Å². The number of aryl methyl sites for hydroxylation is 1. The lowest BCUT2D eigenvalue weighted by Gasteiger charge is -2.17. The van der Waals surface area contributed by atoms with Gasteiger partial charge in [-0.15, -0.1) is 0 Å². The molecule has 16 heavy (non-hydrogen) atoms. The molecule has 1 aromatic rings. The van der Waals surface area contributed by atoms with Crippen molar-refractivity contribution >= 4 is 11.6 Å². The Balaban J connectivity index is 2.43. The first-order chi connectivity index (χ1) is 7.47. The molecule has 0 spiro atoms. The zero-order valence-corrected chi connectivity index (χ0v) is 10.8. The molecule has 0 aliphatic heterocycles. The lowest BCUT2D eigenvalue weighted by molar-refractivity contribution is 0.407. The summed E-state index contributed by atoms with van der Waals surface area (Å²) in [5.41, 5.74) is 9.48. The van der Waals surface area contributed by atoms with Crippen LogP contribution in [0.25, 0.3) is 0 Å². The van der Waals surface area contributed by atoms with Gasteiger partial charge in [0.1, 0.15) is 5.75 Å². The van der Waals surface area contributed by atoms with E-state index in [-0.39, 0.29) is 5.54 Å². The second-order valence-electron chi connectivity index (χ2n) is 4.85. The summed E-state index contributed by atoms with van der Waals surface area (Å²) in [5.74, 6) is 0.934. The van der Waals surface area contributed by atoms with E-state index < -0.39 is 0 Å². The van der Waals surface area contributed by atoms with Crippen molar-refractivity contribution in [2.45, 2.75) is 38.6 Å². The molecule has 0 atom stereocenters. The summed E-state index contributed by atoms with van der Waals surface area (Å²) in [6, 6.07) is 1.97. The summed E-state index contributed by atoms with van der Waals surface area (Å²) >= 11 is 6.29. The van der Waals surface area contributed by atoms with Crippen molar-refractivity contribution in [1.29, 1.82) is 0 Å². The van der Waals surface area contributed by atoms with Crippen LogP contribution in [0, 0.1) is 13.8 Å². The minimum Gasteiger partial charge on any atom is -0.496 e. The number of methoxy groups -OCH3 is 1. The maximum Gasteiger partial charge on any atom is 0.125 e. The molecule has 1 saturated carbocycles. The predicted molar refractivity (Wildman–Crippen MR) is 67.3 cm³/mol. The molecule has 0 saturated heterocycles.